The van der Waals surface area contributed by atoms with Crippen LogP contribution in [0.2, 0.25) is 0 Å². The van der Waals surface area contributed by atoms with Crippen LogP contribution >= 0.6 is 0 Å². The minimum Gasteiger partial charge on any atom is -0.392 e. The van der Waals surface area contributed by atoms with Gasteiger partial charge in [0.25, 0.3) is 0 Å². The van der Waals surface area contributed by atoms with Crippen LogP contribution in [-0.4, -0.2) is 28.6 Å². The summed E-state index contributed by atoms with van der Waals surface area (Å²) in [5.41, 5.74) is 1.49. The molecule has 0 radical (unpaired) electrons. The lowest BCUT2D eigenvalue weighted by atomic mass is 10.1. The predicted octanol–water partition coefficient (Wildman–Crippen LogP) is 1.35. The fraction of sp³-hybridized carbons (Fsp3) is 0.308. The summed E-state index contributed by atoms with van der Waals surface area (Å²) in [5.74, 6) is -0.476. The number of aliphatic hydroxyl groups is 1. The fourth-order valence-electron chi connectivity index (χ4n) is 1.80. The van der Waals surface area contributed by atoms with Gasteiger partial charge in [0.15, 0.2) is 0 Å². The van der Waals surface area contributed by atoms with E-state index in [1.54, 1.807) is 19.2 Å². The molecule has 18 heavy (non-hydrogen) atoms. The Bertz CT molecular complexity index is 563. The lowest BCUT2D eigenvalue weighted by Crippen LogP contribution is -2.31. The first-order valence-corrected chi connectivity index (χ1v) is 5.76. The zero-order chi connectivity index (χ0) is 13.1. The first-order chi connectivity index (χ1) is 8.56. The minimum atomic E-state index is -0.564. The quantitative estimate of drug-likeness (QED) is 0.766. The molecule has 96 valence electrons. The van der Waals surface area contributed by atoms with E-state index < -0.39 is 6.10 Å². The molecular formula is C13H15FN2O2. The summed E-state index contributed by atoms with van der Waals surface area (Å²) < 4.78 is 13.0. The van der Waals surface area contributed by atoms with Crippen molar-refractivity contribution in [1.82, 2.24) is 10.3 Å². The van der Waals surface area contributed by atoms with Crippen LogP contribution in [0.4, 0.5) is 4.39 Å². The zero-order valence-electron chi connectivity index (χ0n) is 10.0. The molecule has 2 rings (SSSR count). The molecule has 0 saturated heterocycles. The maximum Gasteiger partial charge on any atom is 0.224 e. The number of aromatic amines is 1. The largest absolute Gasteiger partial charge is 0.392 e. The Balaban J connectivity index is 2.10. The Morgan fingerprint density at radius 3 is 3.06 bits per heavy atom. The zero-order valence-corrected chi connectivity index (χ0v) is 10.0. The Labute approximate surface area is 104 Å². The van der Waals surface area contributed by atoms with Crippen LogP contribution in [0.5, 0.6) is 0 Å². The van der Waals surface area contributed by atoms with Crippen molar-refractivity contribution in [2.45, 2.75) is 19.4 Å². The van der Waals surface area contributed by atoms with E-state index in [1.165, 1.54) is 12.1 Å². The maximum absolute atomic E-state index is 13.0. The van der Waals surface area contributed by atoms with Gasteiger partial charge in [0.1, 0.15) is 5.82 Å². The van der Waals surface area contributed by atoms with E-state index in [0.29, 0.717) is 5.52 Å². The number of hydrogen-bond acceptors (Lipinski definition) is 2. The van der Waals surface area contributed by atoms with E-state index in [9.17, 15) is 9.18 Å². The van der Waals surface area contributed by atoms with Crippen molar-refractivity contribution >= 4 is 16.8 Å². The third-order valence-corrected chi connectivity index (χ3v) is 2.68. The first-order valence-electron chi connectivity index (χ1n) is 5.76. The van der Waals surface area contributed by atoms with Crippen molar-refractivity contribution in [3.63, 3.8) is 0 Å². The lowest BCUT2D eigenvalue weighted by Gasteiger charge is -2.06. The molecule has 0 saturated carbocycles. The fourth-order valence-corrected chi connectivity index (χ4v) is 1.80. The topological polar surface area (TPSA) is 65.1 Å². The molecule has 5 heteroatoms. The number of carbonyl (C=O) groups excluding carboxylic acids is 1. The molecule has 0 aliphatic rings. The molecule has 0 fully saturated rings. The van der Waals surface area contributed by atoms with Crippen LogP contribution in [0.3, 0.4) is 0 Å². The molecule has 0 aliphatic carbocycles. The summed E-state index contributed by atoms with van der Waals surface area (Å²) >= 11 is 0. The van der Waals surface area contributed by atoms with Gasteiger partial charge < -0.3 is 15.4 Å². The smallest absolute Gasteiger partial charge is 0.224 e. The second kappa shape index (κ2) is 5.18. The summed E-state index contributed by atoms with van der Waals surface area (Å²) in [6.07, 6.45) is 1.34. The highest BCUT2D eigenvalue weighted by molar-refractivity contribution is 5.88. The standard InChI is InChI=1S/C13H15FN2O2/c1-8(17)6-16-13(18)4-9-7-15-12-5-10(14)2-3-11(9)12/h2-3,5,7-8,15,17H,4,6H2,1H3,(H,16,18). The molecule has 1 amide bonds. The number of aliphatic hydroxyl groups excluding tert-OH is 1. The van der Waals surface area contributed by atoms with Gasteiger partial charge in [-0.05, 0) is 30.7 Å². The van der Waals surface area contributed by atoms with E-state index in [0.717, 1.165) is 10.9 Å². The summed E-state index contributed by atoms with van der Waals surface area (Å²) in [4.78, 5) is 14.5. The van der Waals surface area contributed by atoms with Crippen molar-refractivity contribution in [1.29, 1.82) is 0 Å². The van der Waals surface area contributed by atoms with Gasteiger partial charge >= 0.3 is 0 Å². The van der Waals surface area contributed by atoms with E-state index >= 15 is 0 Å². The van der Waals surface area contributed by atoms with Crippen LogP contribution in [0.15, 0.2) is 24.4 Å². The SMILES string of the molecule is CC(O)CNC(=O)Cc1c[nH]c2cc(F)ccc12. The van der Waals surface area contributed by atoms with Crippen molar-refractivity contribution in [2.75, 3.05) is 6.54 Å². The number of hydrogen-bond donors (Lipinski definition) is 3. The third-order valence-electron chi connectivity index (χ3n) is 2.68. The van der Waals surface area contributed by atoms with Crippen LogP contribution < -0.4 is 5.32 Å². The molecule has 2 aromatic rings. The summed E-state index contributed by atoms with van der Waals surface area (Å²) in [6.45, 7) is 1.84. The molecule has 0 aliphatic heterocycles. The summed E-state index contributed by atoms with van der Waals surface area (Å²) in [5, 5.41) is 12.5. The molecule has 1 aromatic carbocycles. The van der Waals surface area contributed by atoms with Crippen molar-refractivity contribution in [3.05, 3.63) is 35.8 Å². The number of halogens is 1. The Kier molecular flexibility index (Phi) is 3.62. The van der Waals surface area contributed by atoms with Gasteiger partial charge in [-0.3, -0.25) is 4.79 Å². The van der Waals surface area contributed by atoms with Crippen LogP contribution in [0.25, 0.3) is 10.9 Å². The third kappa shape index (κ3) is 2.87. The van der Waals surface area contributed by atoms with E-state index in [2.05, 4.69) is 10.3 Å². The molecule has 4 nitrogen and oxygen atoms in total. The summed E-state index contributed by atoms with van der Waals surface area (Å²) in [7, 11) is 0. The van der Waals surface area contributed by atoms with Crippen LogP contribution in [0.1, 0.15) is 12.5 Å². The van der Waals surface area contributed by atoms with E-state index in [4.69, 9.17) is 5.11 Å². The molecule has 1 aromatic heterocycles. The number of rotatable bonds is 4. The molecular weight excluding hydrogens is 235 g/mol. The minimum absolute atomic E-state index is 0.166. The highest BCUT2D eigenvalue weighted by Gasteiger charge is 2.09. The maximum atomic E-state index is 13.0. The number of benzene rings is 1. The lowest BCUT2D eigenvalue weighted by molar-refractivity contribution is -0.120. The number of carbonyl (C=O) groups is 1. The van der Waals surface area contributed by atoms with Crippen LogP contribution in [0, 0.1) is 5.82 Å². The number of nitrogens with one attached hydrogen (secondary N) is 2. The molecule has 1 heterocycles. The van der Waals surface area contributed by atoms with Crippen molar-refractivity contribution in [2.24, 2.45) is 0 Å². The van der Waals surface area contributed by atoms with Gasteiger partial charge in [0, 0.05) is 23.6 Å². The van der Waals surface area contributed by atoms with E-state index in [1.807, 2.05) is 0 Å². The first kappa shape index (κ1) is 12.6. The van der Waals surface area contributed by atoms with Gasteiger partial charge in [0.05, 0.1) is 12.5 Å². The Hall–Kier alpha value is -1.88. The monoisotopic (exact) mass is 250 g/mol. The average molecular weight is 250 g/mol. The Morgan fingerprint density at radius 1 is 1.56 bits per heavy atom. The van der Waals surface area contributed by atoms with Crippen molar-refractivity contribution in [3.8, 4) is 0 Å². The molecule has 1 unspecified atom stereocenters. The predicted molar refractivity (Wildman–Crippen MR) is 66.7 cm³/mol. The number of amides is 1. The van der Waals surface area contributed by atoms with E-state index in [-0.39, 0.29) is 24.7 Å². The Morgan fingerprint density at radius 2 is 2.33 bits per heavy atom. The molecule has 0 spiro atoms. The number of aromatic nitrogens is 1. The normalized spacial score (nSPS) is 12.6. The second-order valence-electron chi connectivity index (χ2n) is 4.33. The summed E-state index contributed by atoms with van der Waals surface area (Å²) in [6, 6.07) is 4.42. The van der Waals surface area contributed by atoms with Gasteiger partial charge in [0.2, 0.25) is 5.91 Å². The molecule has 3 N–H and O–H groups in total. The second-order valence-corrected chi connectivity index (χ2v) is 4.33. The van der Waals surface area contributed by atoms with Gasteiger partial charge in [-0.25, -0.2) is 4.39 Å². The average Bonchev–Trinajstić information content (AvgIpc) is 2.69. The van der Waals surface area contributed by atoms with Gasteiger partial charge in [-0.2, -0.15) is 0 Å². The highest BCUT2D eigenvalue weighted by atomic mass is 19.1. The van der Waals surface area contributed by atoms with Crippen LogP contribution in [-0.2, 0) is 11.2 Å². The van der Waals surface area contributed by atoms with Gasteiger partial charge in [-0.15, -0.1) is 0 Å². The molecule has 1 atom stereocenters. The number of fused-ring (bicyclic) bond motifs is 1. The van der Waals surface area contributed by atoms with Gasteiger partial charge in [-0.1, -0.05) is 0 Å². The number of H-pyrrole nitrogens is 1. The van der Waals surface area contributed by atoms with Crippen molar-refractivity contribution < 1.29 is 14.3 Å². The molecule has 0 bridgehead atoms. The highest BCUT2D eigenvalue weighted by Crippen LogP contribution is 2.19.